The van der Waals surface area contributed by atoms with Crippen LogP contribution in [-0.4, -0.2) is 62.8 Å². The highest BCUT2D eigenvalue weighted by molar-refractivity contribution is 7.03. The average Bonchev–Trinajstić information content (AvgIpc) is 3.60. The Morgan fingerprint density at radius 1 is 0.792 bits per heavy atom. The molecule has 48 heavy (non-hydrogen) atoms. The standard InChI is InChI=1S/C38H38N4O5Si/c43-34-10-11-35(44)42(34)15-14-41-36(45)25-8-9-26-27(20-25)38(47-37(26)46)28-18-23-6-4-12-39-30(23)21-32(28)48(16-2-1-3-17-48)33-22-31-24(19-29(33)38)7-5-13-40-31/h8-11,18-22,39-40H,1-7,12-17H2,(H,41,45). The van der Waals surface area contributed by atoms with Gasteiger partial charge < -0.3 is 20.7 Å². The van der Waals surface area contributed by atoms with Crippen LogP contribution in [0.25, 0.3) is 0 Å². The van der Waals surface area contributed by atoms with E-state index in [1.165, 1.54) is 76.4 Å². The fourth-order valence-corrected chi connectivity index (χ4v) is 14.9. The van der Waals surface area contributed by atoms with E-state index in [9.17, 15) is 19.2 Å². The minimum atomic E-state index is -2.26. The zero-order valence-corrected chi connectivity index (χ0v) is 27.9. The molecule has 0 atom stereocenters. The summed E-state index contributed by atoms with van der Waals surface area (Å²) >= 11 is 0. The number of carbonyl (C=O) groups is 4. The Kier molecular flexibility index (Phi) is 6.69. The number of amides is 3. The molecule has 1 saturated heterocycles. The van der Waals surface area contributed by atoms with Crippen LogP contribution in [0.1, 0.15) is 80.6 Å². The summed E-state index contributed by atoms with van der Waals surface area (Å²) in [5.41, 5.74) is 7.51. The van der Waals surface area contributed by atoms with Crippen LogP contribution in [0.4, 0.5) is 11.4 Å². The highest BCUT2D eigenvalue weighted by atomic mass is 28.3. The van der Waals surface area contributed by atoms with Gasteiger partial charge in [-0.3, -0.25) is 19.3 Å². The van der Waals surface area contributed by atoms with Gasteiger partial charge in [0, 0.05) is 72.0 Å². The molecule has 244 valence electrons. The predicted octanol–water partition coefficient (Wildman–Crippen LogP) is 3.58. The molecule has 9 nitrogen and oxygen atoms in total. The van der Waals surface area contributed by atoms with Crippen molar-refractivity contribution in [3.8, 4) is 0 Å². The van der Waals surface area contributed by atoms with E-state index in [4.69, 9.17) is 4.74 Å². The number of hydrogen-bond acceptors (Lipinski definition) is 7. The SMILES string of the molecule is O=C(NCCN1C(=O)C=CC1=O)c1ccc2c(c1)C1(OC2=O)c2cc3c(cc2[Si]2(CCCCC2)c2cc4c(cc21)CCCN4)NCCC3. The Morgan fingerprint density at radius 2 is 1.42 bits per heavy atom. The quantitative estimate of drug-likeness (QED) is 0.223. The molecular formula is C38H38N4O5Si. The van der Waals surface area contributed by atoms with Gasteiger partial charge in [0.25, 0.3) is 17.7 Å². The smallest absolute Gasteiger partial charge is 0.340 e. The second-order valence-electron chi connectivity index (χ2n) is 14.1. The number of rotatable bonds is 4. The first kappa shape index (κ1) is 29.4. The number of aryl methyl sites for hydroxylation is 2. The lowest BCUT2D eigenvalue weighted by Crippen LogP contribution is -2.67. The normalized spacial score (nSPS) is 20.7. The maximum atomic E-state index is 14.0. The summed E-state index contributed by atoms with van der Waals surface area (Å²) in [7, 11) is -2.26. The molecule has 0 bridgehead atoms. The molecule has 0 aliphatic carbocycles. The van der Waals surface area contributed by atoms with Crippen molar-refractivity contribution in [2.45, 2.75) is 62.6 Å². The van der Waals surface area contributed by atoms with Gasteiger partial charge in [0.15, 0.2) is 5.60 Å². The summed E-state index contributed by atoms with van der Waals surface area (Å²) in [6, 6.07) is 17.0. The van der Waals surface area contributed by atoms with E-state index < -0.39 is 13.7 Å². The van der Waals surface area contributed by atoms with Gasteiger partial charge in [-0.1, -0.05) is 19.3 Å². The third-order valence-electron chi connectivity index (χ3n) is 11.5. The summed E-state index contributed by atoms with van der Waals surface area (Å²) in [4.78, 5) is 52.7. The lowest BCUT2D eigenvalue weighted by molar-refractivity contribution is -0.136. The van der Waals surface area contributed by atoms with Crippen LogP contribution in [0.15, 0.2) is 54.6 Å². The Balaban J connectivity index is 1.21. The van der Waals surface area contributed by atoms with Crippen molar-refractivity contribution in [1.82, 2.24) is 10.2 Å². The number of imide groups is 1. The third kappa shape index (κ3) is 4.20. The number of anilines is 2. The molecule has 2 spiro atoms. The third-order valence-corrected chi connectivity index (χ3v) is 16.8. The molecule has 3 amide bonds. The van der Waals surface area contributed by atoms with Gasteiger partial charge in [0.2, 0.25) is 0 Å². The second kappa shape index (κ2) is 10.9. The fraction of sp³-hybridized carbons (Fsp3) is 0.368. The highest BCUT2D eigenvalue weighted by Gasteiger charge is 2.59. The summed E-state index contributed by atoms with van der Waals surface area (Å²) in [6.07, 6.45) is 10.1. The molecule has 6 aliphatic heterocycles. The summed E-state index contributed by atoms with van der Waals surface area (Å²) < 4.78 is 6.76. The lowest BCUT2D eigenvalue weighted by atomic mass is 9.76. The Hall–Kier alpha value is -4.70. The molecular weight excluding hydrogens is 621 g/mol. The molecule has 0 aromatic heterocycles. The van der Waals surface area contributed by atoms with Gasteiger partial charge in [0.05, 0.1) is 5.56 Å². The Bertz CT molecular complexity index is 1890. The van der Waals surface area contributed by atoms with Gasteiger partial charge in [0.1, 0.15) is 8.07 Å². The summed E-state index contributed by atoms with van der Waals surface area (Å²) in [5, 5.41) is 13.0. The van der Waals surface area contributed by atoms with Crippen molar-refractivity contribution in [3.63, 3.8) is 0 Å². The van der Waals surface area contributed by atoms with Crippen LogP contribution in [-0.2, 0) is 32.8 Å². The monoisotopic (exact) mass is 658 g/mol. The van der Waals surface area contributed by atoms with Crippen molar-refractivity contribution in [3.05, 3.63) is 93.6 Å². The van der Waals surface area contributed by atoms with E-state index in [2.05, 4.69) is 40.2 Å². The van der Waals surface area contributed by atoms with Crippen molar-refractivity contribution < 1.29 is 23.9 Å². The summed E-state index contributed by atoms with van der Waals surface area (Å²) in [6.45, 7) is 2.10. The molecule has 6 aliphatic rings. The van der Waals surface area contributed by atoms with Crippen LogP contribution in [0.3, 0.4) is 0 Å². The predicted molar refractivity (Wildman–Crippen MR) is 185 cm³/mol. The largest absolute Gasteiger partial charge is 0.441 e. The minimum absolute atomic E-state index is 0.0820. The van der Waals surface area contributed by atoms with Crippen LogP contribution in [0, 0.1) is 0 Å². The molecule has 9 rings (SSSR count). The van der Waals surface area contributed by atoms with Crippen molar-refractivity contribution in [2.24, 2.45) is 0 Å². The second-order valence-corrected chi connectivity index (χ2v) is 18.3. The molecule has 3 aromatic rings. The Labute approximate surface area is 280 Å². The highest BCUT2D eigenvalue weighted by Crippen LogP contribution is 2.52. The molecule has 3 N–H and O–H groups in total. The van der Waals surface area contributed by atoms with E-state index in [0.717, 1.165) is 54.8 Å². The topological polar surface area (TPSA) is 117 Å². The van der Waals surface area contributed by atoms with Gasteiger partial charge in [-0.05, 0) is 102 Å². The van der Waals surface area contributed by atoms with Crippen molar-refractivity contribution in [1.29, 1.82) is 0 Å². The van der Waals surface area contributed by atoms with Crippen LogP contribution < -0.4 is 26.3 Å². The molecule has 6 heterocycles. The number of hydrogen-bond donors (Lipinski definition) is 3. The summed E-state index contributed by atoms with van der Waals surface area (Å²) in [5.74, 6) is -1.47. The first-order chi connectivity index (χ1) is 23.4. The van der Waals surface area contributed by atoms with E-state index in [-0.39, 0.29) is 36.8 Å². The van der Waals surface area contributed by atoms with Gasteiger partial charge >= 0.3 is 5.97 Å². The first-order valence-corrected chi connectivity index (χ1v) is 19.8. The number of carbonyl (C=O) groups excluding carboxylic acids is 4. The maximum absolute atomic E-state index is 14.0. The van der Waals surface area contributed by atoms with E-state index in [1.54, 1.807) is 12.1 Å². The lowest BCUT2D eigenvalue weighted by Gasteiger charge is -2.49. The molecule has 0 radical (unpaired) electrons. The molecule has 0 saturated carbocycles. The van der Waals surface area contributed by atoms with Crippen molar-refractivity contribution >= 4 is 53.5 Å². The number of nitrogens with zero attached hydrogens (tertiary/aromatic N) is 1. The van der Waals surface area contributed by atoms with E-state index in [1.807, 2.05) is 6.07 Å². The van der Waals surface area contributed by atoms with Gasteiger partial charge in [-0.25, -0.2) is 4.79 Å². The van der Waals surface area contributed by atoms with Gasteiger partial charge in [-0.2, -0.15) is 0 Å². The Morgan fingerprint density at radius 3 is 2.04 bits per heavy atom. The van der Waals surface area contributed by atoms with Crippen LogP contribution in [0.2, 0.25) is 12.1 Å². The zero-order chi connectivity index (χ0) is 32.6. The first-order valence-electron chi connectivity index (χ1n) is 17.4. The van der Waals surface area contributed by atoms with Gasteiger partial charge in [-0.15, -0.1) is 0 Å². The number of nitrogens with one attached hydrogen (secondary N) is 3. The van der Waals surface area contributed by atoms with Crippen LogP contribution in [0.5, 0.6) is 0 Å². The molecule has 1 fully saturated rings. The molecule has 10 heteroatoms. The number of esters is 1. The maximum Gasteiger partial charge on any atom is 0.340 e. The van der Waals surface area contributed by atoms with E-state index >= 15 is 0 Å². The average molecular weight is 659 g/mol. The molecule has 3 aromatic carbocycles. The minimum Gasteiger partial charge on any atom is -0.441 e. The fourth-order valence-electron chi connectivity index (χ4n) is 9.23. The molecule has 0 unspecified atom stereocenters. The van der Waals surface area contributed by atoms with Crippen molar-refractivity contribution in [2.75, 3.05) is 36.8 Å². The van der Waals surface area contributed by atoms with E-state index in [0.29, 0.717) is 16.7 Å². The zero-order valence-electron chi connectivity index (χ0n) is 26.9. The number of benzene rings is 3. The number of ether oxygens (including phenoxy) is 1. The van der Waals surface area contributed by atoms with Crippen LogP contribution >= 0.6 is 0 Å². The number of fused-ring (bicyclic) bond motifs is 10.